The Morgan fingerprint density at radius 1 is 1.27 bits per heavy atom. The third kappa shape index (κ3) is 3.03. The molecule has 0 spiro atoms. The van der Waals surface area contributed by atoms with E-state index in [0.717, 1.165) is 5.66 Å². The van der Waals surface area contributed by atoms with Crippen LogP contribution >= 0.6 is 9.24 Å². The average molecular weight is 166 g/mol. The van der Waals surface area contributed by atoms with Gasteiger partial charge in [-0.25, -0.2) is 0 Å². The summed E-state index contributed by atoms with van der Waals surface area (Å²) in [4.78, 5) is 0. The summed E-state index contributed by atoms with van der Waals surface area (Å²) >= 11 is 0. The predicted octanol–water partition coefficient (Wildman–Crippen LogP) is 2.88. The lowest BCUT2D eigenvalue weighted by atomic mass is 10.1. The second-order valence-corrected chi connectivity index (χ2v) is 3.80. The van der Waals surface area contributed by atoms with E-state index in [1.807, 2.05) is 0 Å². The molecule has 0 aliphatic rings. The lowest BCUT2D eigenvalue weighted by molar-refractivity contribution is 0.817. The van der Waals surface area contributed by atoms with Crippen LogP contribution in [-0.4, -0.2) is 5.66 Å². The molecule has 1 aromatic rings. The van der Waals surface area contributed by atoms with Crippen molar-refractivity contribution in [1.29, 1.82) is 0 Å². The van der Waals surface area contributed by atoms with Crippen LogP contribution in [0, 0.1) is 0 Å². The summed E-state index contributed by atoms with van der Waals surface area (Å²) in [6, 6.07) is 10.6. The van der Waals surface area contributed by atoms with Gasteiger partial charge in [0, 0.05) is 0 Å². The first kappa shape index (κ1) is 8.74. The van der Waals surface area contributed by atoms with Gasteiger partial charge in [0.15, 0.2) is 0 Å². The van der Waals surface area contributed by atoms with E-state index in [-0.39, 0.29) is 0 Å². The van der Waals surface area contributed by atoms with Gasteiger partial charge < -0.3 is 0 Å². The average Bonchev–Trinajstić information content (AvgIpc) is 2.06. The van der Waals surface area contributed by atoms with E-state index in [1.165, 1.54) is 18.4 Å². The molecule has 0 aliphatic carbocycles. The van der Waals surface area contributed by atoms with Gasteiger partial charge in [-0.1, -0.05) is 37.3 Å². The van der Waals surface area contributed by atoms with Crippen molar-refractivity contribution in [1.82, 2.24) is 0 Å². The Balaban J connectivity index is 2.51. The van der Waals surface area contributed by atoms with E-state index in [9.17, 15) is 0 Å². The van der Waals surface area contributed by atoms with Crippen LogP contribution in [0.3, 0.4) is 0 Å². The van der Waals surface area contributed by atoms with E-state index in [0.29, 0.717) is 0 Å². The molecular weight excluding hydrogens is 151 g/mol. The second-order valence-electron chi connectivity index (χ2n) is 2.86. The van der Waals surface area contributed by atoms with Crippen molar-refractivity contribution in [3.05, 3.63) is 35.9 Å². The fraction of sp³-hybridized carbons (Fsp3) is 0.400. The molecule has 0 saturated heterocycles. The molecule has 0 saturated carbocycles. The van der Waals surface area contributed by atoms with Crippen molar-refractivity contribution in [2.45, 2.75) is 25.4 Å². The smallest absolute Gasteiger partial charge is 0.0216 e. The third-order valence-electron chi connectivity index (χ3n) is 1.87. The maximum Gasteiger partial charge on any atom is -0.0216 e. The molecule has 1 rings (SSSR count). The molecule has 2 atom stereocenters. The molecule has 1 heteroatoms. The van der Waals surface area contributed by atoms with E-state index < -0.39 is 0 Å². The van der Waals surface area contributed by atoms with Gasteiger partial charge in [-0.3, -0.25) is 0 Å². The van der Waals surface area contributed by atoms with E-state index in [2.05, 4.69) is 46.5 Å². The number of hydrogen-bond donors (Lipinski definition) is 0. The molecule has 0 aliphatic heterocycles. The van der Waals surface area contributed by atoms with Crippen molar-refractivity contribution < 1.29 is 0 Å². The Hall–Kier alpha value is -0.350. The molecular formula is C10H15P. The Morgan fingerprint density at radius 2 is 1.91 bits per heavy atom. The molecule has 0 N–H and O–H groups in total. The van der Waals surface area contributed by atoms with Gasteiger partial charge >= 0.3 is 0 Å². The van der Waals surface area contributed by atoms with Gasteiger partial charge in [0.05, 0.1) is 0 Å². The standard InChI is InChI=1S/C10H15P/c1-2-10(11)8-9-6-4-3-5-7-9/h3-7,10H,2,8,11H2,1H3/t10-/m0/s1. The lowest BCUT2D eigenvalue weighted by Crippen LogP contribution is -1.99. The molecule has 0 heterocycles. The van der Waals surface area contributed by atoms with E-state index >= 15 is 0 Å². The Bertz CT molecular complexity index is 193. The highest BCUT2D eigenvalue weighted by Gasteiger charge is 1.98. The van der Waals surface area contributed by atoms with Gasteiger partial charge in [0.2, 0.25) is 0 Å². The van der Waals surface area contributed by atoms with Crippen LogP contribution in [0.1, 0.15) is 18.9 Å². The monoisotopic (exact) mass is 166 g/mol. The minimum atomic E-state index is 0.734. The Morgan fingerprint density at radius 3 is 2.45 bits per heavy atom. The molecule has 0 bridgehead atoms. The molecule has 11 heavy (non-hydrogen) atoms. The Kier molecular flexibility index (Phi) is 3.59. The summed E-state index contributed by atoms with van der Waals surface area (Å²) < 4.78 is 0. The molecule has 0 nitrogen and oxygen atoms in total. The topological polar surface area (TPSA) is 0 Å². The van der Waals surface area contributed by atoms with Crippen molar-refractivity contribution in [3.63, 3.8) is 0 Å². The number of benzene rings is 1. The van der Waals surface area contributed by atoms with Gasteiger partial charge in [-0.05, 0) is 24.1 Å². The highest BCUT2D eigenvalue weighted by atomic mass is 31.0. The summed E-state index contributed by atoms with van der Waals surface area (Å²) in [5.41, 5.74) is 2.17. The van der Waals surface area contributed by atoms with Crippen LogP contribution in [-0.2, 0) is 6.42 Å². The van der Waals surface area contributed by atoms with E-state index in [1.54, 1.807) is 0 Å². The van der Waals surface area contributed by atoms with Gasteiger partial charge in [-0.15, -0.1) is 9.24 Å². The molecule has 60 valence electrons. The summed E-state index contributed by atoms with van der Waals surface area (Å²) in [5.74, 6) is 0. The first-order valence-electron chi connectivity index (χ1n) is 4.12. The minimum Gasteiger partial charge on any atom is -0.134 e. The Labute approximate surface area is 71.2 Å². The fourth-order valence-electron chi connectivity index (χ4n) is 1.06. The fourth-order valence-corrected chi connectivity index (χ4v) is 1.33. The summed E-state index contributed by atoms with van der Waals surface area (Å²) in [6.07, 6.45) is 2.42. The van der Waals surface area contributed by atoms with Crippen LogP contribution in [0.5, 0.6) is 0 Å². The number of rotatable bonds is 3. The zero-order valence-corrected chi connectivity index (χ0v) is 8.11. The van der Waals surface area contributed by atoms with Crippen LogP contribution in [0.15, 0.2) is 30.3 Å². The molecule has 0 fully saturated rings. The first-order chi connectivity index (χ1) is 5.33. The normalized spacial score (nSPS) is 12.9. The lowest BCUT2D eigenvalue weighted by Gasteiger charge is -2.06. The highest BCUT2D eigenvalue weighted by Crippen LogP contribution is 2.12. The highest BCUT2D eigenvalue weighted by molar-refractivity contribution is 7.17. The SMILES string of the molecule is CC[C@H](P)Cc1ccccc1. The van der Waals surface area contributed by atoms with Crippen molar-refractivity contribution in [3.8, 4) is 0 Å². The summed E-state index contributed by atoms with van der Waals surface area (Å²) in [7, 11) is 2.88. The van der Waals surface area contributed by atoms with Gasteiger partial charge in [0.1, 0.15) is 0 Å². The number of hydrogen-bond acceptors (Lipinski definition) is 0. The molecule has 0 amide bonds. The zero-order chi connectivity index (χ0) is 8.10. The quantitative estimate of drug-likeness (QED) is 0.606. The summed E-state index contributed by atoms with van der Waals surface area (Å²) in [6.45, 7) is 2.22. The van der Waals surface area contributed by atoms with Crippen molar-refractivity contribution in [2.75, 3.05) is 0 Å². The van der Waals surface area contributed by atoms with Crippen molar-refractivity contribution >= 4 is 9.24 Å². The van der Waals surface area contributed by atoms with Crippen LogP contribution in [0.25, 0.3) is 0 Å². The van der Waals surface area contributed by atoms with Crippen LogP contribution in [0.4, 0.5) is 0 Å². The van der Waals surface area contributed by atoms with Crippen molar-refractivity contribution in [2.24, 2.45) is 0 Å². The zero-order valence-electron chi connectivity index (χ0n) is 6.96. The largest absolute Gasteiger partial charge is 0.134 e. The second kappa shape index (κ2) is 4.51. The molecule has 1 aromatic carbocycles. The third-order valence-corrected chi connectivity index (χ3v) is 2.57. The molecule has 0 aromatic heterocycles. The van der Waals surface area contributed by atoms with Gasteiger partial charge in [-0.2, -0.15) is 0 Å². The van der Waals surface area contributed by atoms with Crippen LogP contribution in [0.2, 0.25) is 0 Å². The first-order valence-corrected chi connectivity index (χ1v) is 4.79. The minimum absolute atomic E-state index is 0.734. The molecule has 1 unspecified atom stereocenters. The maximum atomic E-state index is 2.88. The van der Waals surface area contributed by atoms with Gasteiger partial charge in [0.25, 0.3) is 0 Å². The maximum absolute atomic E-state index is 2.88. The van der Waals surface area contributed by atoms with Crippen LogP contribution < -0.4 is 0 Å². The molecule has 0 radical (unpaired) electrons. The van der Waals surface area contributed by atoms with E-state index in [4.69, 9.17) is 0 Å². The summed E-state index contributed by atoms with van der Waals surface area (Å²) in [5, 5.41) is 0. The predicted molar refractivity (Wildman–Crippen MR) is 53.9 cm³/mol.